The Kier molecular flexibility index (Phi) is 6.49. The third kappa shape index (κ3) is 4.73. The molecule has 0 radical (unpaired) electrons. The van der Waals surface area contributed by atoms with Gasteiger partial charge in [-0.1, -0.05) is 12.1 Å². The average molecular weight is 384 g/mol. The SMILES string of the molecule is COC(=O)c1ccc(C(=O)OC)c(NC(=O)C(=O)Nc2cc(C)ccc2C)c1. The van der Waals surface area contributed by atoms with E-state index in [1.807, 2.05) is 19.1 Å². The van der Waals surface area contributed by atoms with Crippen LogP contribution in [0.1, 0.15) is 31.8 Å². The first-order valence-electron chi connectivity index (χ1n) is 8.27. The molecule has 2 aromatic carbocycles. The number of ether oxygens (including phenoxy) is 2. The Morgan fingerprint density at radius 3 is 1.96 bits per heavy atom. The molecule has 2 rings (SSSR count). The number of aryl methyl sites for hydroxylation is 2. The highest BCUT2D eigenvalue weighted by Gasteiger charge is 2.21. The van der Waals surface area contributed by atoms with Crippen molar-refractivity contribution in [2.24, 2.45) is 0 Å². The van der Waals surface area contributed by atoms with Crippen molar-refractivity contribution in [3.05, 3.63) is 58.7 Å². The Hall–Kier alpha value is -3.68. The molecule has 0 bridgehead atoms. The number of carbonyl (C=O) groups is 4. The van der Waals surface area contributed by atoms with Crippen LogP contribution < -0.4 is 10.6 Å². The minimum absolute atomic E-state index is 0.0111. The van der Waals surface area contributed by atoms with Crippen molar-refractivity contribution < 1.29 is 28.7 Å². The summed E-state index contributed by atoms with van der Waals surface area (Å²) in [5, 5.41) is 4.86. The van der Waals surface area contributed by atoms with Gasteiger partial charge in [-0.3, -0.25) is 9.59 Å². The van der Waals surface area contributed by atoms with E-state index < -0.39 is 23.8 Å². The number of anilines is 2. The lowest BCUT2D eigenvalue weighted by atomic mass is 10.1. The fraction of sp³-hybridized carbons (Fsp3) is 0.200. The molecular formula is C20H20N2O6. The minimum Gasteiger partial charge on any atom is -0.465 e. The third-order valence-corrected chi connectivity index (χ3v) is 3.94. The highest BCUT2D eigenvalue weighted by molar-refractivity contribution is 6.44. The molecule has 0 heterocycles. The van der Waals surface area contributed by atoms with E-state index in [1.54, 1.807) is 13.0 Å². The third-order valence-electron chi connectivity index (χ3n) is 3.94. The summed E-state index contributed by atoms with van der Waals surface area (Å²) in [6, 6.07) is 9.32. The molecule has 0 saturated carbocycles. The topological polar surface area (TPSA) is 111 Å². The van der Waals surface area contributed by atoms with Crippen molar-refractivity contribution in [1.29, 1.82) is 0 Å². The minimum atomic E-state index is -1.01. The van der Waals surface area contributed by atoms with Gasteiger partial charge in [0.25, 0.3) is 0 Å². The van der Waals surface area contributed by atoms with Gasteiger partial charge in [0.2, 0.25) is 0 Å². The molecule has 28 heavy (non-hydrogen) atoms. The predicted octanol–water partition coefficient (Wildman–Crippen LogP) is 2.45. The molecule has 146 valence electrons. The summed E-state index contributed by atoms with van der Waals surface area (Å²) in [6.07, 6.45) is 0. The summed E-state index contributed by atoms with van der Waals surface area (Å²) in [7, 11) is 2.38. The van der Waals surface area contributed by atoms with Gasteiger partial charge in [-0.2, -0.15) is 0 Å². The summed E-state index contributed by atoms with van der Waals surface area (Å²) in [5.41, 5.74) is 2.24. The number of amides is 2. The summed E-state index contributed by atoms with van der Waals surface area (Å²) in [5.74, 6) is -3.32. The molecule has 0 aliphatic heterocycles. The Morgan fingerprint density at radius 2 is 1.36 bits per heavy atom. The lowest BCUT2D eigenvalue weighted by Crippen LogP contribution is -2.30. The molecule has 0 aliphatic rings. The molecule has 0 aromatic heterocycles. The molecule has 0 saturated heterocycles. The average Bonchev–Trinajstić information content (AvgIpc) is 2.69. The van der Waals surface area contributed by atoms with Gasteiger partial charge in [-0.05, 0) is 49.2 Å². The zero-order valence-corrected chi connectivity index (χ0v) is 15.9. The maximum atomic E-state index is 12.3. The van der Waals surface area contributed by atoms with Crippen LogP contribution in [0.2, 0.25) is 0 Å². The molecule has 2 amide bonds. The van der Waals surface area contributed by atoms with E-state index in [4.69, 9.17) is 0 Å². The smallest absolute Gasteiger partial charge is 0.339 e. The molecule has 8 nitrogen and oxygen atoms in total. The largest absolute Gasteiger partial charge is 0.465 e. The van der Waals surface area contributed by atoms with Gasteiger partial charge in [-0.25, -0.2) is 9.59 Å². The van der Waals surface area contributed by atoms with Crippen molar-refractivity contribution >= 4 is 35.1 Å². The number of nitrogens with one attached hydrogen (secondary N) is 2. The predicted molar refractivity (Wildman–Crippen MR) is 102 cm³/mol. The van der Waals surface area contributed by atoms with Crippen LogP contribution in [-0.2, 0) is 19.1 Å². The number of esters is 2. The first-order valence-corrected chi connectivity index (χ1v) is 8.27. The van der Waals surface area contributed by atoms with Crippen LogP contribution in [0, 0.1) is 13.8 Å². The molecule has 0 aliphatic carbocycles. The number of hydrogen-bond donors (Lipinski definition) is 2. The number of methoxy groups -OCH3 is 2. The quantitative estimate of drug-likeness (QED) is 0.619. The second-order valence-electron chi connectivity index (χ2n) is 5.97. The van der Waals surface area contributed by atoms with E-state index in [1.165, 1.54) is 32.4 Å². The van der Waals surface area contributed by atoms with Crippen LogP contribution in [0.5, 0.6) is 0 Å². The number of carbonyl (C=O) groups excluding carboxylic acids is 4. The van der Waals surface area contributed by atoms with Gasteiger partial charge in [0.05, 0.1) is 31.0 Å². The van der Waals surface area contributed by atoms with E-state index in [0.717, 1.165) is 11.1 Å². The van der Waals surface area contributed by atoms with Crippen molar-refractivity contribution in [2.45, 2.75) is 13.8 Å². The number of rotatable bonds is 4. The highest BCUT2D eigenvalue weighted by atomic mass is 16.5. The monoisotopic (exact) mass is 384 g/mol. The van der Waals surface area contributed by atoms with Crippen LogP contribution in [-0.4, -0.2) is 38.0 Å². The van der Waals surface area contributed by atoms with Gasteiger partial charge in [0.15, 0.2) is 0 Å². The van der Waals surface area contributed by atoms with Gasteiger partial charge in [-0.15, -0.1) is 0 Å². The van der Waals surface area contributed by atoms with E-state index in [-0.39, 0.29) is 16.8 Å². The molecule has 2 aromatic rings. The van der Waals surface area contributed by atoms with Crippen molar-refractivity contribution in [1.82, 2.24) is 0 Å². The molecule has 0 unspecified atom stereocenters. The standard InChI is InChI=1S/C20H20N2O6/c1-11-5-6-12(2)15(9-11)21-17(23)18(24)22-16-10-13(19(25)27-3)7-8-14(16)20(26)28-4/h5-10H,1-4H3,(H,21,23)(H,22,24). The maximum absolute atomic E-state index is 12.3. The van der Waals surface area contributed by atoms with Crippen molar-refractivity contribution in [3.63, 3.8) is 0 Å². The molecule has 0 fully saturated rings. The van der Waals surface area contributed by atoms with Gasteiger partial charge in [0.1, 0.15) is 0 Å². The Balaban J connectivity index is 2.27. The summed E-state index contributed by atoms with van der Waals surface area (Å²) in [6.45, 7) is 3.65. The first-order chi connectivity index (χ1) is 13.3. The van der Waals surface area contributed by atoms with Gasteiger partial charge >= 0.3 is 23.8 Å². The first kappa shape index (κ1) is 20.6. The fourth-order valence-corrected chi connectivity index (χ4v) is 2.41. The Morgan fingerprint density at radius 1 is 0.750 bits per heavy atom. The molecular weight excluding hydrogens is 364 g/mol. The Bertz CT molecular complexity index is 952. The lowest BCUT2D eigenvalue weighted by molar-refractivity contribution is -0.133. The summed E-state index contributed by atoms with van der Waals surface area (Å²) in [4.78, 5) is 48.2. The van der Waals surface area contributed by atoms with Crippen LogP contribution in [0.3, 0.4) is 0 Å². The zero-order chi connectivity index (χ0) is 20.8. The van der Waals surface area contributed by atoms with Crippen LogP contribution in [0.15, 0.2) is 36.4 Å². The highest BCUT2D eigenvalue weighted by Crippen LogP contribution is 2.20. The maximum Gasteiger partial charge on any atom is 0.339 e. The van der Waals surface area contributed by atoms with Crippen LogP contribution in [0.25, 0.3) is 0 Å². The zero-order valence-electron chi connectivity index (χ0n) is 15.9. The molecule has 0 atom stereocenters. The van der Waals surface area contributed by atoms with Crippen molar-refractivity contribution in [2.75, 3.05) is 24.9 Å². The van der Waals surface area contributed by atoms with Gasteiger partial charge < -0.3 is 20.1 Å². The van der Waals surface area contributed by atoms with Crippen LogP contribution in [0.4, 0.5) is 11.4 Å². The fourth-order valence-electron chi connectivity index (χ4n) is 2.41. The second kappa shape index (κ2) is 8.81. The summed E-state index contributed by atoms with van der Waals surface area (Å²) >= 11 is 0. The van der Waals surface area contributed by atoms with E-state index in [2.05, 4.69) is 20.1 Å². The second-order valence-corrected chi connectivity index (χ2v) is 5.97. The van der Waals surface area contributed by atoms with Crippen LogP contribution >= 0.6 is 0 Å². The normalized spacial score (nSPS) is 10.0. The van der Waals surface area contributed by atoms with Crippen molar-refractivity contribution in [3.8, 4) is 0 Å². The van der Waals surface area contributed by atoms with E-state index in [0.29, 0.717) is 5.69 Å². The molecule has 2 N–H and O–H groups in total. The number of benzene rings is 2. The lowest BCUT2D eigenvalue weighted by Gasteiger charge is -2.12. The summed E-state index contributed by atoms with van der Waals surface area (Å²) < 4.78 is 9.29. The van der Waals surface area contributed by atoms with Gasteiger partial charge in [0, 0.05) is 5.69 Å². The Labute approximate surface area is 161 Å². The van der Waals surface area contributed by atoms with E-state index in [9.17, 15) is 19.2 Å². The number of hydrogen-bond acceptors (Lipinski definition) is 6. The molecule has 0 spiro atoms. The molecule has 8 heteroatoms. The van der Waals surface area contributed by atoms with E-state index >= 15 is 0 Å².